The number of benzene rings is 2. The average molecular weight is 417 g/mol. The molecule has 2 aromatic carbocycles. The van der Waals surface area contributed by atoms with Gasteiger partial charge in [-0.3, -0.25) is 4.31 Å². The Morgan fingerprint density at radius 3 is 2.48 bits per heavy atom. The molecule has 0 amide bonds. The smallest absolute Gasteiger partial charge is 0.264 e. The standard InChI is InChI=1S/C16H15BrClNO3S/c1-3-10-19(15-11-13(18)6-9-16(15)22-2)23(20,21)14-7-4-12(17)5-8-14/h3-9,11H,1,10H2,2H3. The monoisotopic (exact) mass is 415 g/mol. The van der Waals surface area contributed by atoms with Crippen LogP contribution in [-0.2, 0) is 10.0 Å². The normalized spacial score (nSPS) is 11.1. The summed E-state index contributed by atoms with van der Waals surface area (Å²) in [5.74, 6) is 0.414. The molecular weight excluding hydrogens is 402 g/mol. The van der Waals surface area contributed by atoms with Crippen molar-refractivity contribution in [3.63, 3.8) is 0 Å². The summed E-state index contributed by atoms with van der Waals surface area (Å²) < 4.78 is 33.2. The zero-order valence-corrected chi connectivity index (χ0v) is 15.5. The van der Waals surface area contributed by atoms with Crippen LogP contribution >= 0.6 is 27.5 Å². The molecule has 122 valence electrons. The maximum Gasteiger partial charge on any atom is 0.264 e. The van der Waals surface area contributed by atoms with Crippen molar-refractivity contribution in [3.8, 4) is 5.75 Å². The second-order valence-electron chi connectivity index (χ2n) is 4.59. The maximum atomic E-state index is 13.0. The molecule has 0 aliphatic carbocycles. The number of halogens is 2. The molecule has 0 aliphatic heterocycles. The SMILES string of the molecule is C=CCN(c1cc(Cl)ccc1OC)S(=O)(=O)c1ccc(Br)cc1. The van der Waals surface area contributed by atoms with Crippen molar-refractivity contribution >= 4 is 43.2 Å². The van der Waals surface area contributed by atoms with E-state index in [0.717, 1.165) is 4.47 Å². The van der Waals surface area contributed by atoms with E-state index in [0.29, 0.717) is 16.5 Å². The zero-order valence-electron chi connectivity index (χ0n) is 12.4. The minimum atomic E-state index is -3.78. The van der Waals surface area contributed by atoms with Gasteiger partial charge in [-0.1, -0.05) is 33.6 Å². The molecule has 7 heteroatoms. The van der Waals surface area contributed by atoms with Gasteiger partial charge in [0.05, 0.1) is 24.2 Å². The highest BCUT2D eigenvalue weighted by Gasteiger charge is 2.26. The van der Waals surface area contributed by atoms with Gasteiger partial charge in [0.15, 0.2) is 0 Å². The third-order valence-electron chi connectivity index (χ3n) is 3.11. The van der Waals surface area contributed by atoms with Crippen molar-refractivity contribution in [1.82, 2.24) is 0 Å². The number of anilines is 1. The molecule has 4 nitrogen and oxygen atoms in total. The summed E-state index contributed by atoms with van der Waals surface area (Å²) in [5, 5.41) is 0.417. The van der Waals surface area contributed by atoms with Gasteiger partial charge >= 0.3 is 0 Å². The number of sulfonamides is 1. The molecule has 2 rings (SSSR count). The first-order valence-corrected chi connectivity index (χ1v) is 9.24. The van der Waals surface area contributed by atoms with Crippen LogP contribution in [0.5, 0.6) is 5.75 Å². The van der Waals surface area contributed by atoms with Crippen molar-refractivity contribution in [3.05, 3.63) is 64.6 Å². The first-order chi connectivity index (χ1) is 10.9. The quantitative estimate of drug-likeness (QED) is 0.652. The lowest BCUT2D eigenvalue weighted by atomic mass is 10.3. The van der Waals surface area contributed by atoms with E-state index in [-0.39, 0.29) is 11.4 Å². The van der Waals surface area contributed by atoms with E-state index in [2.05, 4.69) is 22.5 Å². The molecule has 0 atom stereocenters. The average Bonchev–Trinajstić information content (AvgIpc) is 2.53. The van der Waals surface area contributed by atoms with Crippen molar-refractivity contribution in [2.75, 3.05) is 18.0 Å². The van der Waals surface area contributed by atoms with E-state index in [1.807, 2.05) is 0 Å². The van der Waals surface area contributed by atoms with Crippen LogP contribution in [0.3, 0.4) is 0 Å². The Bertz CT molecular complexity index is 807. The summed E-state index contributed by atoms with van der Waals surface area (Å²) in [4.78, 5) is 0.171. The van der Waals surface area contributed by atoms with Crippen molar-refractivity contribution in [1.29, 1.82) is 0 Å². The van der Waals surface area contributed by atoms with Crippen LogP contribution < -0.4 is 9.04 Å². The molecule has 0 aromatic heterocycles. The van der Waals surface area contributed by atoms with Crippen LogP contribution in [0.1, 0.15) is 0 Å². The topological polar surface area (TPSA) is 46.6 Å². The van der Waals surface area contributed by atoms with Gasteiger partial charge in [0.2, 0.25) is 0 Å². The van der Waals surface area contributed by atoms with Gasteiger partial charge in [0, 0.05) is 9.50 Å². The van der Waals surface area contributed by atoms with Gasteiger partial charge in [-0.15, -0.1) is 6.58 Å². The highest BCUT2D eigenvalue weighted by molar-refractivity contribution is 9.10. The maximum absolute atomic E-state index is 13.0. The number of methoxy groups -OCH3 is 1. The summed E-state index contributed by atoms with van der Waals surface area (Å²) in [6.45, 7) is 3.73. The molecule has 0 radical (unpaired) electrons. The molecule has 0 saturated carbocycles. The van der Waals surface area contributed by atoms with Gasteiger partial charge < -0.3 is 4.74 Å². The second kappa shape index (κ2) is 7.38. The summed E-state index contributed by atoms with van der Waals surface area (Å²) in [7, 11) is -2.30. The number of rotatable bonds is 6. The van der Waals surface area contributed by atoms with Crippen molar-refractivity contribution in [2.45, 2.75) is 4.90 Å². The molecule has 0 saturated heterocycles. The van der Waals surface area contributed by atoms with Crippen LogP contribution in [-0.4, -0.2) is 22.1 Å². The third kappa shape index (κ3) is 3.88. The molecule has 0 aliphatic rings. The van der Waals surface area contributed by atoms with Gasteiger partial charge in [0.25, 0.3) is 10.0 Å². The molecule has 0 N–H and O–H groups in total. The summed E-state index contributed by atoms with van der Waals surface area (Å²) in [5.41, 5.74) is 0.364. The van der Waals surface area contributed by atoms with Gasteiger partial charge in [0.1, 0.15) is 5.75 Å². The molecule has 0 spiro atoms. The molecule has 23 heavy (non-hydrogen) atoms. The summed E-state index contributed by atoms with van der Waals surface area (Å²) >= 11 is 9.32. The zero-order chi connectivity index (χ0) is 17.0. The van der Waals surface area contributed by atoms with Gasteiger partial charge in [-0.2, -0.15) is 0 Å². The lowest BCUT2D eigenvalue weighted by molar-refractivity contribution is 0.415. The van der Waals surface area contributed by atoms with Crippen LogP contribution in [0.15, 0.2) is 64.5 Å². The summed E-state index contributed by atoms with van der Waals surface area (Å²) in [6.07, 6.45) is 1.51. The minimum Gasteiger partial charge on any atom is -0.495 e. The minimum absolute atomic E-state index is 0.0924. The molecule has 0 fully saturated rings. The third-order valence-corrected chi connectivity index (χ3v) is 5.66. The second-order valence-corrected chi connectivity index (χ2v) is 7.81. The Morgan fingerprint density at radius 1 is 1.26 bits per heavy atom. The lowest BCUT2D eigenvalue weighted by Crippen LogP contribution is -2.31. The van der Waals surface area contributed by atoms with Crippen LogP contribution in [0.4, 0.5) is 5.69 Å². The number of nitrogens with zero attached hydrogens (tertiary/aromatic N) is 1. The molecule has 0 heterocycles. The largest absolute Gasteiger partial charge is 0.495 e. The van der Waals surface area contributed by atoms with E-state index >= 15 is 0 Å². The van der Waals surface area contributed by atoms with Gasteiger partial charge in [-0.05, 0) is 42.5 Å². The van der Waals surface area contributed by atoms with E-state index in [4.69, 9.17) is 16.3 Å². The number of hydrogen-bond acceptors (Lipinski definition) is 3. The van der Waals surface area contributed by atoms with E-state index in [1.165, 1.54) is 29.6 Å². The predicted molar refractivity (Wildman–Crippen MR) is 96.9 cm³/mol. The highest BCUT2D eigenvalue weighted by atomic mass is 79.9. The number of hydrogen-bond donors (Lipinski definition) is 0. The highest BCUT2D eigenvalue weighted by Crippen LogP contribution is 2.34. The van der Waals surface area contributed by atoms with Crippen LogP contribution in [0.25, 0.3) is 0 Å². The van der Waals surface area contributed by atoms with Gasteiger partial charge in [-0.25, -0.2) is 8.42 Å². The Hall–Kier alpha value is -1.50. The molecular formula is C16H15BrClNO3S. The molecule has 0 unspecified atom stereocenters. The fourth-order valence-corrected chi connectivity index (χ4v) is 3.90. The first kappa shape index (κ1) is 17.8. The Labute approximate surface area is 149 Å². The molecule has 2 aromatic rings. The molecule has 0 bridgehead atoms. The Kier molecular flexibility index (Phi) is 5.73. The first-order valence-electron chi connectivity index (χ1n) is 6.63. The predicted octanol–water partition coefficient (Wildman–Crippen LogP) is 4.49. The van der Waals surface area contributed by atoms with E-state index in [9.17, 15) is 8.42 Å². The Morgan fingerprint density at radius 2 is 1.91 bits per heavy atom. The number of ether oxygens (including phenoxy) is 1. The van der Waals surface area contributed by atoms with Crippen LogP contribution in [0.2, 0.25) is 5.02 Å². The van der Waals surface area contributed by atoms with Crippen LogP contribution in [0, 0.1) is 0 Å². The van der Waals surface area contributed by atoms with E-state index in [1.54, 1.807) is 30.3 Å². The lowest BCUT2D eigenvalue weighted by Gasteiger charge is -2.25. The van der Waals surface area contributed by atoms with Crippen molar-refractivity contribution < 1.29 is 13.2 Å². The van der Waals surface area contributed by atoms with E-state index < -0.39 is 10.0 Å². The fourth-order valence-electron chi connectivity index (χ4n) is 2.04. The fraction of sp³-hybridized carbons (Fsp3) is 0.125. The Balaban J connectivity index is 2.60. The summed E-state index contributed by atoms with van der Waals surface area (Å²) in [6, 6.07) is 11.2. The van der Waals surface area contributed by atoms with Crippen molar-refractivity contribution in [2.24, 2.45) is 0 Å².